The molecule has 2 aliphatic heterocycles. The smallest absolute Gasteiger partial charge is 0.0656 e. The van der Waals surface area contributed by atoms with Gasteiger partial charge in [0.2, 0.25) is 0 Å². The molecule has 2 rings (SSSR count). The maximum Gasteiger partial charge on any atom is 0.0656 e. The van der Waals surface area contributed by atoms with E-state index in [0.717, 1.165) is 6.54 Å². The van der Waals surface area contributed by atoms with Gasteiger partial charge in [-0.3, -0.25) is 4.99 Å². The van der Waals surface area contributed by atoms with Crippen molar-refractivity contribution in [3.8, 4) is 0 Å². The molecule has 0 amide bonds. The van der Waals surface area contributed by atoms with E-state index in [4.69, 9.17) is 0 Å². The van der Waals surface area contributed by atoms with Crippen molar-refractivity contribution in [1.29, 1.82) is 0 Å². The minimum Gasteiger partial charge on any atom is -0.291 e. The van der Waals surface area contributed by atoms with Crippen LogP contribution in [0.3, 0.4) is 0 Å². The number of rotatable bonds is 0. The van der Waals surface area contributed by atoms with E-state index in [1.54, 1.807) is 0 Å². The normalized spacial score (nSPS) is 45.7. The average Bonchev–Trinajstić information content (AvgIpc) is 2.22. The van der Waals surface area contributed by atoms with Crippen LogP contribution in [0.25, 0.3) is 0 Å². The zero-order valence-corrected chi connectivity index (χ0v) is 4.04. The molecule has 1 saturated heterocycles. The molecule has 2 heteroatoms. The van der Waals surface area contributed by atoms with E-state index in [1.807, 2.05) is 6.21 Å². The van der Waals surface area contributed by atoms with Crippen molar-refractivity contribution in [2.75, 3.05) is 6.54 Å². The fourth-order valence-corrected chi connectivity index (χ4v) is 1.12. The molecule has 0 saturated carbocycles. The lowest BCUT2D eigenvalue weighted by atomic mass is 10.2. The first kappa shape index (κ1) is 3.61. The first-order chi connectivity index (χ1) is 3.45. The molecule has 0 aromatic rings. The Morgan fingerprint density at radius 3 is 2.71 bits per heavy atom. The van der Waals surface area contributed by atoms with Crippen LogP contribution in [0.2, 0.25) is 0 Å². The van der Waals surface area contributed by atoms with Crippen molar-refractivity contribution in [2.24, 2.45) is 4.99 Å². The molecule has 0 N–H and O–H groups in total. The highest BCUT2D eigenvalue weighted by Gasteiger charge is 2.27. The summed E-state index contributed by atoms with van der Waals surface area (Å²) in [7, 11) is 0. The van der Waals surface area contributed by atoms with E-state index in [1.165, 1.54) is 6.42 Å². The largest absolute Gasteiger partial charge is 0.291 e. The monoisotopic (exact) mass is 95.1 g/mol. The summed E-state index contributed by atoms with van der Waals surface area (Å²) < 4.78 is 0. The van der Waals surface area contributed by atoms with Gasteiger partial charge in [-0.2, -0.15) is 0 Å². The number of fused-ring (bicyclic) bond motifs is 2. The Labute approximate surface area is 42.6 Å². The summed E-state index contributed by atoms with van der Waals surface area (Å²) in [5.74, 6) is 0. The fourth-order valence-electron chi connectivity index (χ4n) is 1.12. The number of hydrogen-bond donors (Lipinski definition) is 0. The summed E-state index contributed by atoms with van der Waals surface area (Å²) >= 11 is 0. The predicted octanol–water partition coefficient (Wildman–Crippen LogP) is -0.184. The van der Waals surface area contributed by atoms with Crippen LogP contribution in [0.1, 0.15) is 6.42 Å². The van der Waals surface area contributed by atoms with Crippen LogP contribution < -0.4 is 5.32 Å². The molecule has 0 aromatic carbocycles. The summed E-state index contributed by atoms with van der Waals surface area (Å²) in [4.78, 5) is 4.19. The third-order valence-electron chi connectivity index (χ3n) is 1.53. The molecular weight excluding hydrogens is 88.1 g/mol. The quantitative estimate of drug-likeness (QED) is 0.399. The number of aliphatic imine (C=N–C) groups is 1. The highest BCUT2D eigenvalue weighted by Crippen LogP contribution is 2.15. The van der Waals surface area contributed by atoms with Crippen LogP contribution in [0, 0.1) is 0 Å². The molecule has 0 spiro atoms. The summed E-state index contributed by atoms with van der Waals surface area (Å²) in [5, 5.41) is 4.25. The standard InChI is InChI=1S/C5H7N2/c1-4-2-6-5(1)3-7-4/h2,4-5H,1,3H2. The Hall–Kier alpha value is -0.370. The van der Waals surface area contributed by atoms with Crippen LogP contribution in [0.4, 0.5) is 0 Å². The van der Waals surface area contributed by atoms with Gasteiger partial charge in [0.15, 0.2) is 0 Å². The first-order valence-corrected chi connectivity index (χ1v) is 2.65. The van der Waals surface area contributed by atoms with Gasteiger partial charge in [0.05, 0.1) is 12.1 Å². The van der Waals surface area contributed by atoms with Gasteiger partial charge >= 0.3 is 0 Å². The van der Waals surface area contributed by atoms with Gasteiger partial charge in [0, 0.05) is 12.8 Å². The summed E-state index contributed by atoms with van der Waals surface area (Å²) in [5.41, 5.74) is 0. The number of nitrogens with zero attached hydrogens (tertiary/aromatic N) is 2. The third-order valence-corrected chi connectivity index (χ3v) is 1.53. The molecule has 2 nitrogen and oxygen atoms in total. The lowest BCUT2D eigenvalue weighted by molar-refractivity contribution is 0.724. The lowest BCUT2D eigenvalue weighted by Crippen LogP contribution is -2.17. The summed E-state index contributed by atoms with van der Waals surface area (Å²) in [6.07, 6.45) is 3.16. The molecular formula is C5H7N2. The lowest BCUT2D eigenvalue weighted by Gasteiger charge is -1.97. The van der Waals surface area contributed by atoms with Crippen LogP contribution in [0.15, 0.2) is 4.99 Å². The topological polar surface area (TPSA) is 26.5 Å². The van der Waals surface area contributed by atoms with E-state index in [9.17, 15) is 0 Å². The minimum atomic E-state index is 0.505. The molecule has 2 aliphatic rings. The average molecular weight is 95.1 g/mol. The molecule has 2 heterocycles. The Morgan fingerprint density at radius 1 is 1.57 bits per heavy atom. The second kappa shape index (κ2) is 1.07. The van der Waals surface area contributed by atoms with E-state index in [0.29, 0.717) is 12.1 Å². The Bertz CT molecular complexity index is 96.6. The maximum absolute atomic E-state index is 4.25. The van der Waals surface area contributed by atoms with Gasteiger partial charge in [0.1, 0.15) is 0 Å². The highest BCUT2D eigenvalue weighted by molar-refractivity contribution is 5.68. The van der Waals surface area contributed by atoms with Gasteiger partial charge in [0.25, 0.3) is 0 Å². The second-order valence-corrected chi connectivity index (χ2v) is 2.12. The van der Waals surface area contributed by atoms with Crippen LogP contribution in [-0.4, -0.2) is 24.8 Å². The molecule has 1 fully saturated rings. The molecule has 2 atom stereocenters. The highest BCUT2D eigenvalue weighted by atomic mass is 15.1. The van der Waals surface area contributed by atoms with Crippen molar-refractivity contribution in [3.63, 3.8) is 0 Å². The minimum absolute atomic E-state index is 0.505. The van der Waals surface area contributed by atoms with Crippen molar-refractivity contribution in [1.82, 2.24) is 5.32 Å². The molecule has 0 aromatic heterocycles. The first-order valence-electron chi connectivity index (χ1n) is 2.65. The van der Waals surface area contributed by atoms with Crippen LogP contribution in [0.5, 0.6) is 0 Å². The Morgan fingerprint density at radius 2 is 2.57 bits per heavy atom. The van der Waals surface area contributed by atoms with Crippen molar-refractivity contribution in [3.05, 3.63) is 0 Å². The molecule has 37 valence electrons. The van der Waals surface area contributed by atoms with Gasteiger partial charge in [-0.1, -0.05) is 0 Å². The fraction of sp³-hybridized carbons (Fsp3) is 0.800. The van der Waals surface area contributed by atoms with Gasteiger partial charge in [-0.25, -0.2) is 5.32 Å². The van der Waals surface area contributed by atoms with E-state index in [-0.39, 0.29) is 0 Å². The van der Waals surface area contributed by atoms with Crippen LogP contribution in [-0.2, 0) is 0 Å². The predicted molar refractivity (Wildman–Crippen MR) is 27.7 cm³/mol. The van der Waals surface area contributed by atoms with Gasteiger partial charge in [-0.05, 0) is 6.42 Å². The van der Waals surface area contributed by atoms with E-state index < -0.39 is 0 Å². The molecule has 2 unspecified atom stereocenters. The van der Waals surface area contributed by atoms with Gasteiger partial charge < -0.3 is 0 Å². The van der Waals surface area contributed by atoms with E-state index in [2.05, 4.69) is 10.3 Å². The van der Waals surface area contributed by atoms with E-state index >= 15 is 0 Å². The molecule has 0 aliphatic carbocycles. The molecule has 1 radical (unpaired) electrons. The van der Waals surface area contributed by atoms with Gasteiger partial charge in [-0.15, -0.1) is 0 Å². The molecule has 2 bridgehead atoms. The third kappa shape index (κ3) is 0.399. The maximum atomic E-state index is 4.25. The molecule has 7 heavy (non-hydrogen) atoms. The summed E-state index contributed by atoms with van der Waals surface area (Å²) in [6.45, 7) is 0.987. The SMILES string of the molecule is C1=NC2C[N]C1C2. The van der Waals surface area contributed by atoms with Crippen LogP contribution >= 0.6 is 0 Å². The van der Waals surface area contributed by atoms with Crippen molar-refractivity contribution < 1.29 is 0 Å². The zero-order valence-electron chi connectivity index (χ0n) is 4.04. The number of hydrogen-bond acceptors (Lipinski definition) is 1. The zero-order chi connectivity index (χ0) is 4.69. The van der Waals surface area contributed by atoms with Crippen molar-refractivity contribution >= 4 is 6.21 Å². The Kier molecular flexibility index (Phi) is 0.551. The van der Waals surface area contributed by atoms with Crippen molar-refractivity contribution in [2.45, 2.75) is 18.5 Å². The second-order valence-electron chi connectivity index (χ2n) is 2.12. The Balaban J connectivity index is 2.27. The summed E-state index contributed by atoms with van der Waals surface area (Å²) in [6, 6.07) is 1.08.